The van der Waals surface area contributed by atoms with Crippen LogP contribution >= 0.6 is 34.8 Å². The Balaban J connectivity index is 1.99. The third kappa shape index (κ3) is 4.87. The molecule has 4 nitrogen and oxygen atoms in total. The van der Waals surface area contributed by atoms with Crippen LogP contribution in [0, 0.1) is 0 Å². The van der Waals surface area contributed by atoms with Crippen LogP contribution in [0.2, 0.25) is 15.1 Å². The van der Waals surface area contributed by atoms with E-state index in [2.05, 4.69) is 5.32 Å². The van der Waals surface area contributed by atoms with Gasteiger partial charge in [-0.1, -0.05) is 40.9 Å². The predicted molar refractivity (Wildman–Crippen MR) is 98.3 cm³/mol. The number of hydrogen-bond donors (Lipinski definition) is 1. The molecule has 0 spiro atoms. The van der Waals surface area contributed by atoms with Gasteiger partial charge in [0.25, 0.3) is 5.91 Å². The standard InChI is InChI=1S/C17H15Cl3N2O2/c1-11(23)22(14-4-2-3-13(18)10-14)8-7-21-17(24)12-5-6-15(19)16(20)9-12/h2-6,9-10H,7-8H2,1H3,(H,21,24). The summed E-state index contributed by atoms with van der Waals surface area (Å²) in [6.45, 7) is 2.07. The number of benzene rings is 2. The maximum absolute atomic E-state index is 12.1. The van der Waals surface area contributed by atoms with E-state index in [1.54, 1.807) is 41.3 Å². The lowest BCUT2D eigenvalue weighted by atomic mass is 10.2. The van der Waals surface area contributed by atoms with E-state index in [9.17, 15) is 9.59 Å². The van der Waals surface area contributed by atoms with Gasteiger partial charge in [-0.15, -0.1) is 0 Å². The Labute approximate surface area is 155 Å². The van der Waals surface area contributed by atoms with Crippen LogP contribution in [0.3, 0.4) is 0 Å². The molecule has 24 heavy (non-hydrogen) atoms. The molecule has 0 aliphatic rings. The van der Waals surface area contributed by atoms with E-state index in [0.717, 1.165) is 0 Å². The van der Waals surface area contributed by atoms with Crippen molar-refractivity contribution in [2.45, 2.75) is 6.92 Å². The summed E-state index contributed by atoms with van der Waals surface area (Å²) in [6, 6.07) is 11.6. The van der Waals surface area contributed by atoms with Crippen molar-refractivity contribution >= 4 is 52.3 Å². The molecule has 2 aromatic carbocycles. The van der Waals surface area contributed by atoms with E-state index < -0.39 is 0 Å². The number of carbonyl (C=O) groups excluding carboxylic acids is 2. The average Bonchev–Trinajstić information content (AvgIpc) is 2.53. The van der Waals surface area contributed by atoms with Crippen molar-refractivity contribution in [2.24, 2.45) is 0 Å². The molecular weight excluding hydrogens is 371 g/mol. The van der Waals surface area contributed by atoms with Crippen molar-refractivity contribution in [3.8, 4) is 0 Å². The lowest BCUT2D eigenvalue weighted by molar-refractivity contribution is -0.116. The van der Waals surface area contributed by atoms with Crippen LogP contribution in [0.5, 0.6) is 0 Å². The number of nitrogens with zero attached hydrogens (tertiary/aromatic N) is 1. The van der Waals surface area contributed by atoms with Gasteiger partial charge in [-0.2, -0.15) is 0 Å². The maximum atomic E-state index is 12.1. The van der Waals surface area contributed by atoms with Gasteiger partial charge >= 0.3 is 0 Å². The molecule has 1 N–H and O–H groups in total. The van der Waals surface area contributed by atoms with Crippen molar-refractivity contribution in [1.82, 2.24) is 5.32 Å². The molecule has 0 radical (unpaired) electrons. The highest BCUT2D eigenvalue weighted by atomic mass is 35.5. The van der Waals surface area contributed by atoms with Crippen LogP contribution in [-0.4, -0.2) is 24.9 Å². The van der Waals surface area contributed by atoms with Crippen LogP contribution in [0.25, 0.3) is 0 Å². The molecule has 0 fully saturated rings. The molecule has 0 bridgehead atoms. The van der Waals surface area contributed by atoms with Gasteiger partial charge in [0.2, 0.25) is 5.91 Å². The summed E-state index contributed by atoms with van der Waals surface area (Å²) in [4.78, 5) is 25.5. The summed E-state index contributed by atoms with van der Waals surface area (Å²) in [5.74, 6) is -0.427. The second-order valence-electron chi connectivity index (χ2n) is 5.04. The topological polar surface area (TPSA) is 49.4 Å². The molecule has 126 valence electrons. The SMILES string of the molecule is CC(=O)N(CCNC(=O)c1ccc(Cl)c(Cl)c1)c1cccc(Cl)c1. The third-order valence-corrected chi connectivity index (χ3v) is 4.28. The number of hydrogen-bond acceptors (Lipinski definition) is 2. The van der Waals surface area contributed by atoms with Crippen LogP contribution in [0.1, 0.15) is 17.3 Å². The summed E-state index contributed by atoms with van der Waals surface area (Å²) in [7, 11) is 0. The number of anilines is 1. The average molecular weight is 386 g/mol. The lowest BCUT2D eigenvalue weighted by Crippen LogP contribution is -2.37. The minimum atomic E-state index is -0.289. The number of carbonyl (C=O) groups is 2. The number of rotatable bonds is 5. The summed E-state index contributed by atoms with van der Waals surface area (Å²) < 4.78 is 0. The van der Waals surface area contributed by atoms with Crippen LogP contribution < -0.4 is 10.2 Å². The second kappa shape index (κ2) is 8.38. The first kappa shape index (κ1) is 18.6. The van der Waals surface area contributed by atoms with Gasteiger partial charge in [0.1, 0.15) is 0 Å². The zero-order valence-corrected chi connectivity index (χ0v) is 15.1. The second-order valence-corrected chi connectivity index (χ2v) is 6.29. The summed E-state index contributed by atoms with van der Waals surface area (Å²) in [6.07, 6.45) is 0. The van der Waals surface area contributed by atoms with E-state index in [0.29, 0.717) is 32.9 Å². The highest BCUT2D eigenvalue weighted by Crippen LogP contribution is 2.22. The highest BCUT2D eigenvalue weighted by Gasteiger charge is 2.13. The monoisotopic (exact) mass is 384 g/mol. The van der Waals surface area contributed by atoms with Crippen molar-refractivity contribution in [1.29, 1.82) is 0 Å². The van der Waals surface area contributed by atoms with Gasteiger partial charge < -0.3 is 10.2 Å². The van der Waals surface area contributed by atoms with E-state index in [1.807, 2.05) is 0 Å². The van der Waals surface area contributed by atoms with Gasteiger partial charge in [0, 0.05) is 36.3 Å². The third-order valence-electron chi connectivity index (χ3n) is 3.30. The molecule has 0 aromatic heterocycles. The maximum Gasteiger partial charge on any atom is 0.251 e. The van der Waals surface area contributed by atoms with E-state index in [-0.39, 0.29) is 18.4 Å². The van der Waals surface area contributed by atoms with Crippen molar-refractivity contribution < 1.29 is 9.59 Å². The minimum Gasteiger partial charge on any atom is -0.350 e. The van der Waals surface area contributed by atoms with Gasteiger partial charge in [-0.05, 0) is 36.4 Å². The quantitative estimate of drug-likeness (QED) is 0.827. The largest absolute Gasteiger partial charge is 0.350 e. The first-order valence-electron chi connectivity index (χ1n) is 7.15. The van der Waals surface area contributed by atoms with Crippen molar-refractivity contribution in [2.75, 3.05) is 18.0 Å². The fourth-order valence-corrected chi connectivity index (χ4v) is 2.62. The summed E-state index contributed by atoms with van der Waals surface area (Å²) >= 11 is 17.7. The predicted octanol–water partition coefficient (Wildman–Crippen LogP) is 4.43. The Bertz CT molecular complexity index is 765. The van der Waals surface area contributed by atoms with Gasteiger partial charge in [0.05, 0.1) is 10.0 Å². The summed E-state index contributed by atoms with van der Waals surface area (Å²) in [5.41, 5.74) is 1.08. The Morgan fingerprint density at radius 1 is 1.04 bits per heavy atom. The first-order chi connectivity index (χ1) is 11.4. The molecule has 0 saturated carbocycles. The number of amides is 2. The fourth-order valence-electron chi connectivity index (χ4n) is 2.13. The minimum absolute atomic E-state index is 0.138. The molecule has 7 heteroatoms. The summed E-state index contributed by atoms with van der Waals surface area (Å²) in [5, 5.41) is 3.99. The number of halogens is 3. The molecule has 0 unspecified atom stereocenters. The molecular formula is C17H15Cl3N2O2. The fraction of sp³-hybridized carbons (Fsp3) is 0.176. The molecule has 0 aliphatic carbocycles. The Morgan fingerprint density at radius 2 is 1.79 bits per heavy atom. The van der Waals surface area contributed by atoms with Gasteiger partial charge in [-0.3, -0.25) is 9.59 Å². The smallest absolute Gasteiger partial charge is 0.251 e. The Morgan fingerprint density at radius 3 is 2.42 bits per heavy atom. The zero-order valence-electron chi connectivity index (χ0n) is 12.9. The lowest BCUT2D eigenvalue weighted by Gasteiger charge is -2.21. The normalized spacial score (nSPS) is 10.3. The van der Waals surface area contributed by atoms with Gasteiger partial charge in [0.15, 0.2) is 0 Å². The number of nitrogens with one attached hydrogen (secondary N) is 1. The molecule has 2 amide bonds. The van der Waals surface area contributed by atoms with E-state index in [1.165, 1.54) is 13.0 Å². The van der Waals surface area contributed by atoms with Crippen LogP contribution in [0.15, 0.2) is 42.5 Å². The van der Waals surface area contributed by atoms with E-state index in [4.69, 9.17) is 34.8 Å². The van der Waals surface area contributed by atoms with Crippen LogP contribution in [-0.2, 0) is 4.79 Å². The first-order valence-corrected chi connectivity index (χ1v) is 8.29. The zero-order chi connectivity index (χ0) is 17.7. The Hall–Kier alpha value is -1.75. The van der Waals surface area contributed by atoms with E-state index >= 15 is 0 Å². The van der Waals surface area contributed by atoms with Crippen LogP contribution in [0.4, 0.5) is 5.69 Å². The molecule has 0 atom stereocenters. The highest BCUT2D eigenvalue weighted by molar-refractivity contribution is 6.42. The Kier molecular flexibility index (Phi) is 6.49. The molecule has 2 aromatic rings. The molecule has 0 aliphatic heterocycles. The molecule has 2 rings (SSSR count). The molecule has 0 heterocycles. The molecule has 0 saturated heterocycles. The van der Waals surface area contributed by atoms with Gasteiger partial charge in [-0.25, -0.2) is 0 Å². The van der Waals surface area contributed by atoms with Crippen molar-refractivity contribution in [3.05, 3.63) is 63.1 Å². The van der Waals surface area contributed by atoms with Crippen molar-refractivity contribution in [3.63, 3.8) is 0 Å².